The van der Waals surface area contributed by atoms with Gasteiger partial charge in [0.1, 0.15) is 5.58 Å². The summed E-state index contributed by atoms with van der Waals surface area (Å²) >= 11 is 0. The maximum Gasteiger partial charge on any atom is 3.00 e. The first-order valence-corrected chi connectivity index (χ1v) is 20.9. The summed E-state index contributed by atoms with van der Waals surface area (Å²) in [6.07, 6.45) is 7.43. The third-order valence-electron chi connectivity index (χ3n) is 11.6. The topological polar surface area (TPSA) is 61.7 Å². The third kappa shape index (κ3) is 7.41. The van der Waals surface area contributed by atoms with Crippen molar-refractivity contribution in [2.45, 2.75) is 6.92 Å². The fraction of sp³-hybridized carbons (Fsp3) is 0.0351. The van der Waals surface area contributed by atoms with Crippen LogP contribution in [0.2, 0.25) is 0 Å². The van der Waals surface area contributed by atoms with E-state index in [-0.39, 0.29) is 20.1 Å². The molecule has 0 spiro atoms. The fourth-order valence-electron chi connectivity index (χ4n) is 8.58. The molecule has 7 aromatic carbocycles. The summed E-state index contributed by atoms with van der Waals surface area (Å²) in [7, 11) is 1.97. The van der Waals surface area contributed by atoms with Crippen LogP contribution in [0.25, 0.3) is 106 Å². The molecule has 0 unspecified atom stereocenters. The quantitative estimate of drug-likeness (QED) is 0.156. The molecule has 5 aromatic heterocycles. The molecule has 0 amide bonds. The molecule has 0 N–H and O–H groups in total. The van der Waals surface area contributed by atoms with Crippen molar-refractivity contribution < 1.29 is 24.5 Å². The van der Waals surface area contributed by atoms with E-state index in [2.05, 4.69) is 160 Å². The Bertz CT molecular complexity index is 3590. The molecule has 6 nitrogen and oxygen atoms in total. The van der Waals surface area contributed by atoms with Gasteiger partial charge in [-0.2, -0.15) is 0 Å². The smallest absolute Gasteiger partial charge is 0.501 e. The molecule has 0 saturated carbocycles. The average Bonchev–Trinajstić information content (AvgIpc) is 4.05. The Morgan fingerprint density at radius 2 is 1.36 bits per heavy atom. The van der Waals surface area contributed by atoms with E-state index < -0.39 is 0 Å². The molecule has 0 aliphatic rings. The number of fused-ring (bicyclic) bond motifs is 6. The normalized spacial score (nSPS) is 11.2. The van der Waals surface area contributed by atoms with Gasteiger partial charge in [0, 0.05) is 53.7 Å². The van der Waals surface area contributed by atoms with Gasteiger partial charge in [0.25, 0.3) is 0 Å². The Labute approximate surface area is 384 Å². The Kier molecular flexibility index (Phi) is 10.9. The number of hydrogen-bond acceptors (Lipinski definition) is 4. The van der Waals surface area contributed by atoms with Gasteiger partial charge in [0.15, 0.2) is 0 Å². The standard InChI is InChI=1S/C40H25N3.C17H13N2O.Ir/c1-3-11-28(12-4-1)37-27-31(22-24-42-37)34-17-10-19-39-40(34)35-26-30(20-21-38(35)43(39)33-15-5-2-6-16-33)29-13-9-14-32(25-29)36-18-7-8-23-41-36;1-11-6-7-12-13-4-3-5-14(16(13)20-15(12)10-11)17-18-8-9-19(17)2;/h1-11,13,15-27H;3-4,6-10H,1-2H3;/q-2;-1;+3. The van der Waals surface area contributed by atoms with Gasteiger partial charge >= 0.3 is 20.1 Å². The molecule has 0 radical (unpaired) electrons. The van der Waals surface area contributed by atoms with E-state index in [1.54, 1.807) is 6.20 Å². The van der Waals surface area contributed by atoms with Crippen molar-refractivity contribution >= 4 is 43.7 Å². The SMILES string of the molecule is Cc1ccc2c(c1)oc1c(-c3nccn3C)[c-]ccc12.[Ir+3].[c-]1ccccc1-c1cc(-c2cccc3c2c2cc(-c4cc[c-]c(-c5ccccn5)c4)ccc2n3-c2ccccc2)ccn1. The summed E-state index contributed by atoms with van der Waals surface area (Å²) in [6.45, 7) is 2.07. The minimum Gasteiger partial charge on any atom is -0.501 e. The Balaban J connectivity index is 0.000000193. The summed E-state index contributed by atoms with van der Waals surface area (Å²) in [5.74, 6) is 0.867. The van der Waals surface area contributed by atoms with Crippen LogP contribution in [0.15, 0.2) is 199 Å². The number of benzene rings is 7. The van der Waals surface area contributed by atoms with Crippen LogP contribution in [0.4, 0.5) is 0 Å². The molecule has 0 atom stereocenters. The molecule has 0 aliphatic carbocycles. The first-order chi connectivity index (χ1) is 31.1. The molecule has 12 aromatic rings. The van der Waals surface area contributed by atoms with Crippen LogP contribution in [0, 0.1) is 25.1 Å². The molecule has 0 aliphatic heterocycles. The number of hydrogen-bond donors (Lipinski definition) is 0. The summed E-state index contributed by atoms with van der Waals surface area (Å²) in [6, 6.07) is 68.7. The number of aryl methyl sites for hydroxylation is 2. The number of furan rings is 1. The zero-order valence-corrected chi connectivity index (χ0v) is 37.3. The van der Waals surface area contributed by atoms with Crippen molar-refractivity contribution in [3.63, 3.8) is 0 Å². The van der Waals surface area contributed by atoms with Crippen molar-refractivity contribution in [1.82, 2.24) is 24.1 Å². The van der Waals surface area contributed by atoms with E-state index in [1.807, 2.05) is 84.8 Å². The molecule has 0 saturated heterocycles. The van der Waals surface area contributed by atoms with Gasteiger partial charge in [-0.25, -0.2) is 0 Å². The summed E-state index contributed by atoms with van der Waals surface area (Å²) in [5.41, 5.74) is 15.7. The second kappa shape index (κ2) is 17.2. The first kappa shape index (κ1) is 40.4. The van der Waals surface area contributed by atoms with Crippen molar-refractivity contribution in [1.29, 1.82) is 0 Å². The maximum absolute atomic E-state index is 6.06. The van der Waals surface area contributed by atoms with E-state index in [0.29, 0.717) is 0 Å². The van der Waals surface area contributed by atoms with Crippen LogP contribution in [0.3, 0.4) is 0 Å². The predicted octanol–water partition coefficient (Wildman–Crippen LogP) is 13.9. The van der Waals surface area contributed by atoms with Gasteiger partial charge in [0.05, 0.1) is 22.4 Å². The molecule has 64 heavy (non-hydrogen) atoms. The van der Waals surface area contributed by atoms with E-state index in [1.165, 1.54) is 21.9 Å². The van der Waals surface area contributed by atoms with E-state index >= 15 is 0 Å². The zero-order valence-electron chi connectivity index (χ0n) is 35.0. The van der Waals surface area contributed by atoms with Crippen molar-refractivity contribution in [3.8, 4) is 61.8 Å². The molecule has 0 bridgehead atoms. The van der Waals surface area contributed by atoms with E-state index in [4.69, 9.17) is 4.42 Å². The van der Waals surface area contributed by atoms with Gasteiger partial charge in [-0.1, -0.05) is 77.7 Å². The van der Waals surface area contributed by atoms with Crippen LogP contribution in [0.5, 0.6) is 0 Å². The number of nitrogens with zero attached hydrogens (tertiary/aromatic N) is 5. The predicted molar refractivity (Wildman–Crippen MR) is 255 cm³/mol. The molecular weight excluding hydrogens is 963 g/mol. The Morgan fingerprint density at radius 3 is 2.19 bits per heavy atom. The first-order valence-electron chi connectivity index (χ1n) is 20.9. The van der Waals surface area contributed by atoms with Gasteiger partial charge in [-0.15, -0.1) is 89.5 Å². The summed E-state index contributed by atoms with van der Waals surface area (Å²) in [4.78, 5) is 13.6. The summed E-state index contributed by atoms with van der Waals surface area (Å²) < 4.78 is 10.4. The molecule has 12 rings (SSSR count). The van der Waals surface area contributed by atoms with Crippen molar-refractivity contribution in [3.05, 3.63) is 218 Å². The van der Waals surface area contributed by atoms with Gasteiger partial charge in [0.2, 0.25) is 0 Å². The van der Waals surface area contributed by atoms with Crippen LogP contribution >= 0.6 is 0 Å². The van der Waals surface area contributed by atoms with E-state index in [9.17, 15) is 0 Å². The molecule has 5 heterocycles. The molecular formula is C57H38IrN5O. The van der Waals surface area contributed by atoms with Crippen molar-refractivity contribution in [2.24, 2.45) is 7.05 Å². The number of para-hydroxylation sites is 1. The van der Waals surface area contributed by atoms with Crippen LogP contribution in [-0.2, 0) is 27.2 Å². The second-order valence-corrected chi connectivity index (χ2v) is 15.6. The maximum atomic E-state index is 6.06. The number of pyridine rings is 2. The number of rotatable bonds is 6. The number of aromatic nitrogens is 5. The molecule has 7 heteroatoms. The van der Waals surface area contributed by atoms with Gasteiger partial charge in [-0.3, -0.25) is 4.98 Å². The fourth-order valence-corrected chi connectivity index (χ4v) is 8.58. The number of imidazole rings is 1. The second-order valence-electron chi connectivity index (χ2n) is 15.6. The minimum atomic E-state index is 0. The Hall–Kier alpha value is -7.70. The van der Waals surface area contributed by atoms with Crippen molar-refractivity contribution in [2.75, 3.05) is 0 Å². The molecule has 306 valence electrons. The van der Waals surface area contributed by atoms with Crippen LogP contribution in [-0.4, -0.2) is 24.1 Å². The van der Waals surface area contributed by atoms with E-state index in [0.717, 1.165) is 89.3 Å². The van der Waals surface area contributed by atoms with Crippen LogP contribution in [0.1, 0.15) is 5.56 Å². The van der Waals surface area contributed by atoms with Crippen LogP contribution < -0.4 is 0 Å². The third-order valence-corrected chi connectivity index (χ3v) is 11.6. The molecule has 0 fully saturated rings. The van der Waals surface area contributed by atoms with Gasteiger partial charge < -0.3 is 23.5 Å². The summed E-state index contributed by atoms with van der Waals surface area (Å²) in [5, 5.41) is 4.65. The zero-order chi connectivity index (χ0) is 42.3. The van der Waals surface area contributed by atoms with Gasteiger partial charge in [-0.05, 0) is 89.1 Å². The monoisotopic (exact) mass is 1000 g/mol. The minimum absolute atomic E-state index is 0. The Morgan fingerprint density at radius 1 is 0.531 bits per heavy atom. The average molecular weight is 1000 g/mol. The largest absolute Gasteiger partial charge is 3.00 e.